The number of rotatable bonds is 2. The van der Waals surface area contributed by atoms with Crippen molar-refractivity contribution in [3.05, 3.63) is 29.6 Å². The maximum atomic E-state index is 15.0. The Morgan fingerprint density at radius 1 is 1.31 bits per heavy atom. The third-order valence-corrected chi connectivity index (χ3v) is 7.27. The highest BCUT2D eigenvalue weighted by atomic mass is 32.2. The summed E-state index contributed by atoms with van der Waals surface area (Å²) >= 11 is 1.30. The summed E-state index contributed by atoms with van der Waals surface area (Å²) in [7, 11) is -0.630. The minimum atomic E-state index is -1.20. The number of amidine groups is 1. The Morgan fingerprint density at radius 3 is 2.66 bits per heavy atom. The van der Waals surface area contributed by atoms with E-state index in [4.69, 9.17) is 19.2 Å². The van der Waals surface area contributed by atoms with Gasteiger partial charge in [-0.3, -0.25) is 5.32 Å². The van der Waals surface area contributed by atoms with Gasteiger partial charge < -0.3 is 19.2 Å². The van der Waals surface area contributed by atoms with Crippen molar-refractivity contribution in [2.75, 3.05) is 19.0 Å². The van der Waals surface area contributed by atoms with Crippen LogP contribution in [-0.4, -0.2) is 53.7 Å². The van der Waals surface area contributed by atoms with Crippen molar-refractivity contribution in [2.24, 2.45) is 10.9 Å². The minimum Gasteiger partial charge on any atom is -0.465 e. The van der Waals surface area contributed by atoms with Gasteiger partial charge in [-0.15, -0.1) is 0 Å². The summed E-state index contributed by atoms with van der Waals surface area (Å²) in [5, 5.41) is 11.6. The van der Waals surface area contributed by atoms with E-state index in [2.05, 4.69) is 10.3 Å². The van der Waals surface area contributed by atoms with Gasteiger partial charge in [0, 0.05) is 17.2 Å². The van der Waals surface area contributed by atoms with Crippen LogP contribution in [0.3, 0.4) is 0 Å². The summed E-state index contributed by atoms with van der Waals surface area (Å²) in [6, 6.07) is 4.76. The van der Waals surface area contributed by atoms with Crippen molar-refractivity contribution in [3.8, 4) is 0 Å². The van der Waals surface area contributed by atoms with Crippen LogP contribution in [-0.2, 0) is 19.6 Å². The van der Waals surface area contributed by atoms with Gasteiger partial charge in [0.25, 0.3) is 0 Å². The average Bonchev–Trinajstić information content (AvgIpc) is 3.13. The molecule has 1 amide bonds. The molecule has 2 saturated heterocycles. The lowest BCUT2D eigenvalue weighted by Crippen LogP contribution is -2.44. The molecule has 0 aliphatic carbocycles. The van der Waals surface area contributed by atoms with Gasteiger partial charge in [0.1, 0.15) is 11.4 Å². The van der Waals surface area contributed by atoms with Crippen molar-refractivity contribution >= 4 is 35.6 Å². The number of carbonyl (C=O) groups is 1. The number of benzene rings is 1. The molecule has 3 aliphatic heterocycles. The Labute approximate surface area is 173 Å². The van der Waals surface area contributed by atoms with E-state index < -0.39 is 35.8 Å². The molecule has 0 radical (unpaired) electrons. The molecule has 1 aromatic carbocycles. The van der Waals surface area contributed by atoms with Gasteiger partial charge in [0.15, 0.2) is 5.17 Å². The van der Waals surface area contributed by atoms with E-state index in [9.17, 15) is 4.79 Å². The second-order valence-electron chi connectivity index (χ2n) is 8.62. The number of hydrogen-bond donors (Lipinski definition) is 2. The smallest absolute Gasteiger partial charge is 0.465 e. The number of aliphatic imine (C=N–C) groups is 1. The van der Waals surface area contributed by atoms with E-state index in [-0.39, 0.29) is 17.7 Å². The molecule has 0 unspecified atom stereocenters. The lowest BCUT2D eigenvalue weighted by molar-refractivity contribution is 0.00578. The number of nitrogens with one attached hydrogen (secondary N) is 1. The van der Waals surface area contributed by atoms with Gasteiger partial charge in [-0.25, -0.2) is 14.2 Å². The van der Waals surface area contributed by atoms with E-state index in [1.165, 1.54) is 17.8 Å². The fourth-order valence-corrected chi connectivity index (χ4v) is 4.95. The molecule has 2 atom stereocenters. The molecular formula is C19H24BFN2O5S. The molecule has 7 nitrogen and oxygen atoms in total. The Hall–Kier alpha value is -1.62. The summed E-state index contributed by atoms with van der Waals surface area (Å²) in [5.74, 6) is 0.111. The summed E-state index contributed by atoms with van der Waals surface area (Å²) in [5.41, 5.74) is -0.936. The molecule has 2 fully saturated rings. The van der Waals surface area contributed by atoms with Crippen molar-refractivity contribution in [3.63, 3.8) is 0 Å². The first kappa shape index (κ1) is 20.6. The van der Waals surface area contributed by atoms with Gasteiger partial charge in [0.05, 0.1) is 24.4 Å². The summed E-state index contributed by atoms with van der Waals surface area (Å²) in [6.07, 6.45) is -1.20. The van der Waals surface area contributed by atoms with Gasteiger partial charge in [-0.05, 0) is 39.2 Å². The lowest BCUT2D eigenvalue weighted by Gasteiger charge is -2.35. The third kappa shape index (κ3) is 3.46. The fraction of sp³-hybridized carbons (Fsp3) is 0.579. The largest absolute Gasteiger partial charge is 0.494 e. The molecule has 0 aromatic heterocycles. The third-order valence-electron chi connectivity index (χ3n) is 6.23. The minimum absolute atomic E-state index is 0.0603. The SMILES string of the molecule is CC1(C)OB(c2ccc(F)c([C@@]34COC[C@@H]3CSC(NC(=O)O)=N4)c2)OC1(C)C. The predicted molar refractivity (Wildman–Crippen MR) is 109 cm³/mol. The highest BCUT2D eigenvalue weighted by Crippen LogP contribution is 2.45. The maximum Gasteiger partial charge on any atom is 0.494 e. The van der Waals surface area contributed by atoms with Crippen molar-refractivity contribution in [1.29, 1.82) is 0 Å². The number of thioether (sulfide) groups is 1. The quantitative estimate of drug-likeness (QED) is 0.712. The monoisotopic (exact) mass is 422 g/mol. The summed E-state index contributed by atoms with van der Waals surface area (Å²) in [6.45, 7) is 8.48. The summed E-state index contributed by atoms with van der Waals surface area (Å²) in [4.78, 5) is 15.7. The number of ether oxygens (including phenoxy) is 1. The van der Waals surface area contributed by atoms with Crippen LogP contribution < -0.4 is 10.8 Å². The van der Waals surface area contributed by atoms with E-state index in [0.29, 0.717) is 23.4 Å². The number of carboxylic acid groups (broad SMARTS) is 1. The molecule has 4 rings (SSSR count). The van der Waals surface area contributed by atoms with Crippen LogP contribution in [0.5, 0.6) is 0 Å². The number of hydrogen-bond acceptors (Lipinski definition) is 6. The van der Waals surface area contributed by atoms with Crippen LogP contribution >= 0.6 is 11.8 Å². The molecule has 1 aromatic rings. The van der Waals surface area contributed by atoms with E-state index in [1.54, 1.807) is 12.1 Å². The topological polar surface area (TPSA) is 89.4 Å². The molecule has 0 bridgehead atoms. The van der Waals surface area contributed by atoms with Crippen molar-refractivity contribution in [1.82, 2.24) is 5.32 Å². The molecule has 3 aliphatic rings. The molecule has 0 spiro atoms. The Bertz CT molecular complexity index is 864. The van der Waals surface area contributed by atoms with Crippen LogP contribution in [0.2, 0.25) is 0 Å². The van der Waals surface area contributed by atoms with E-state index in [0.717, 1.165) is 0 Å². The van der Waals surface area contributed by atoms with Crippen LogP contribution in [0, 0.1) is 11.7 Å². The van der Waals surface area contributed by atoms with Crippen LogP contribution in [0.15, 0.2) is 23.2 Å². The molecule has 3 heterocycles. The van der Waals surface area contributed by atoms with Gasteiger partial charge >= 0.3 is 13.2 Å². The zero-order valence-corrected chi connectivity index (χ0v) is 17.6. The molecule has 29 heavy (non-hydrogen) atoms. The van der Waals surface area contributed by atoms with Gasteiger partial charge in [0.2, 0.25) is 0 Å². The second-order valence-corrected chi connectivity index (χ2v) is 9.63. The first-order valence-corrected chi connectivity index (χ1v) is 10.5. The molecule has 10 heteroatoms. The molecular weight excluding hydrogens is 398 g/mol. The number of nitrogens with zero attached hydrogens (tertiary/aromatic N) is 1. The zero-order chi connectivity index (χ0) is 21.0. The summed E-state index contributed by atoms with van der Waals surface area (Å²) < 4.78 is 32.9. The van der Waals surface area contributed by atoms with Crippen molar-refractivity contribution < 1.29 is 28.3 Å². The molecule has 0 saturated carbocycles. The number of amides is 1. The van der Waals surface area contributed by atoms with E-state index >= 15 is 4.39 Å². The fourth-order valence-electron chi connectivity index (χ4n) is 3.83. The van der Waals surface area contributed by atoms with E-state index in [1.807, 2.05) is 27.7 Å². The lowest BCUT2D eigenvalue weighted by atomic mass is 9.74. The highest BCUT2D eigenvalue weighted by molar-refractivity contribution is 8.13. The Morgan fingerprint density at radius 2 is 2.00 bits per heavy atom. The standard InChI is InChI=1S/C19H24BFN2O5S/c1-17(2)18(3,4)28-20(27-17)12-5-6-14(21)13(7-12)19-10-26-8-11(19)9-29-15(23-19)22-16(24)25/h5-7,11H,8-10H2,1-4H3,(H,22,23)(H,24,25)/t11-,19-/m1/s1. The van der Waals surface area contributed by atoms with Crippen molar-refractivity contribution in [2.45, 2.75) is 44.4 Å². The van der Waals surface area contributed by atoms with Gasteiger partial charge in [-0.1, -0.05) is 23.9 Å². The number of fused-ring (bicyclic) bond motifs is 1. The maximum absolute atomic E-state index is 15.0. The zero-order valence-electron chi connectivity index (χ0n) is 16.8. The van der Waals surface area contributed by atoms with Crippen LogP contribution in [0.4, 0.5) is 9.18 Å². The molecule has 156 valence electrons. The molecule has 2 N–H and O–H groups in total. The first-order valence-electron chi connectivity index (χ1n) is 9.50. The first-order chi connectivity index (χ1) is 13.5. The normalized spacial score (nSPS) is 30.0. The number of halogens is 1. The Balaban J connectivity index is 1.75. The average molecular weight is 422 g/mol. The van der Waals surface area contributed by atoms with Crippen LogP contribution in [0.1, 0.15) is 33.3 Å². The van der Waals surface area contributed by atoms with Crippen LogP contribution in [0.25, 0.3) is 0 Å². The highest BCUT2D eigenvalue weighted by Gasteiger charge is 2.53. The predicted octanol–water partition coefficient (Wildman–Crippen LogP) is 2.34. The second kappa shape index (κ2) is 6.97. The Kier molecular flexibility index (Phi) is 4.96. The van der Waals surface area contributed by atoms with Gasteiger partial charge in [-0.2, -0.15) is 0 Å².